The van der Waals surface area contributed by atoms with E-state index in [1.54, 1.807) is 0 Å². The number of aliphatic hydroxyl groups is 1. The predicted octanol–water partition coefficient (Wildman–Crippen LogP) is 13.6. The molecule has 2 atom stereocenters. The average molecular weight is 719 g/mol. The number of hydrazone groups is 1. The van der Waals surface area contributed by atoms with Crippen LogP contribution in [0.5, 0.6) is 0 Å². The van der Waals surface area contributed by atoms with E-state index in [2.05, 4.69) is 31.3 Å². The highest BCUT2D eigenvalue weighted by Gasteiger charge is 2.10. The second-order valence-electron chi connectivity index (χ2n) is 15.2. The molecule has 0 heterocycles. The van der Waals surface area contributed by atoms with Crippen LogP contribution < -0.4 is 15.9 Å². The van der Waals surface area contributed by atoms with E-state index in [9.17, 15) is 25.9 Å². The Bertz CT molecular complexity index is 961. The maximum atomic E-state index is 11.1. The Labute approximate surface area is 312 Å². The third-order valence-electron chi connectivity index (χ3n) is 10.5. The molecule has 0 radical (unpaired) electrons. The smallest absolute Gasteiger partial charge is 0.121 e. The first-order valence-electron chi connectivity index (χ1n) is 21.2. The Hall–Kier alpha value is -1.91. The first kappa shape index (κ1) is 47.1. The molecule has 1 aromatic rings. The molecule has 0 bridgehead atoms. The summed E-state index contributed by atoms with van der Waals surface area (Å²) in [6, 6.07) is 3.86. The molecule has 0 aliphatic carbocycles. The first-order valence-corrected chi connectivity index (χ1v) is 21.2. The fourth-order valence-corrected chi connectivity index (χ4v) is 6.78. The summed E-state index contributed by atoms with van der Waals surface area (Å²) in [5.41, 5.74) is 3.91. The molecule has 0 aliphatic rings. The van der Waals surface area contributed by atoms with Crippen LogP contribution in [-0.4, -0.2) is 27.3 Å². The van der Waals surface area contributed by atoms with Crippen molar-refractivity contribution in [1.29, 1.82) is 0 Å². The molecule has 0 amide bonds. The second-order valence-corrected chi connectivity index (χ2v) is 15.2. The molecule has 51 heavy (non-hydrogen) atoms. The molecule has 0 aromatic heterocycles. The van der Waals surface area contributed by atoms with Gasteiger partial charge in [0.15, 0.2) is 0 Å². The van der Waals surface area contributed by atoms with Crippen LogP contribution in [0, 0.1) is 16.3 Å². The van der Waals surface area contributed by atoms with Gasteiger partial charge in [-0.05, 0) is 62.6 Å². The number of aliphatic hydroxyl groups excluding tert-OH is 1. The Morgan fingerprint density at radius 3 is 1.51 bits per heavy atom. The van der Waals surface area contributed by atoms with E-state index in [0.29, 0.717) is 5.69 Å². The van der Waals surface area contributed by atoms with Crippen molar-refractivity contribution in [2.75, 3.05) is 15.9 Å². The van der Waals surface area contributed by atoms with Crippen molar-refractivity contribution in [3.63, 3.8) is 0 Å². The summed E-state index contributed by atoms with van der Waals surface area (Å²) in [5, 5.41) is 55.4. The molecule has 0 fully saturated rings. The number of nitrogens with one attached hydrogen (secondary N) is 1. The SMILES string of the molecule is CCCCCC(CCCCCCCCCCCCCCCCCC[C@@H](O)CCCCCCC[C@@H](C)CC)=NNc1ccc(N([O-])[O-])cc1N(O)O. The summed E-state index contributed by atoms with van der Waals surface area (Å²) in [6.45, 7) is 6.82. The molecule has 298 valence electrons. The molecule has 4 N–H and O–H groups in total. The first-order chi connectivity index (χ1) is 24.8. The van der Waals surface area contributed by atoms with Gasteiger partial charge in [-0.2, -0.15) is 5.10 Å². The number of anilines is 3. The van der Waals surface area contributed by atoms with Gasteiger partial charge in [-0.15, -0.1) is 5.23 Å². The fraction of sp³-hybridized carbons (Fsp3) is 0.833. The number of nitrogens with zero attached hydrogens (tertiary/aromatic N) is 3. The lowest BCUT2D eigenvalue weighted by molar-refractivity contribution is 0.0295. The monoisotopic (exact) mass is 719 g/mol. The third-order valence-corrected chi connectivity index (χ3v) is 10.5. The number of hydrogen-bond donors (Lipinski definition) is 4. The van der Waals surface area contributed by atoms with Gasteiger partial charge in [0.25, 0.3) is 0 Å². The average Bonchev–Trinajstić information content (AvgIpc) is 3.12. The number of rotatable bonds is 36. The summed E-state index contributed by atoms with van der Waals surface area (Å²) >= 11 is 0. The summed E-state index contributed by atoms with van der Waals surface area (Å²) < 4.78 is 0. The molecule has 0 unspecified atom stereocenters. The second kappa shape index (κ2) is 32.7. The van der Waals surface area contributed by atoms with E-state index < -0.39 is 5.23 Å². The maximum absolute atomic E-state index is 11.1. The highest BCUT2D eigenvalue weighted by molar-refractivity contribution is 5.86. The number of unbranched alkanes of at least 4 members (excludes halogenated alkanes) is 21. The Morgan fingerprint density at radius 1 is 0.647 bits per heavy atom. The lowest BCUT2D eigenvalue weighted by Crippen LogP contribution is -2.14. The van der Waals surface area contributed by atoms with Crippen LogP contribution in [0.1, 0.15) is 213 Å². The normalized spacial score (nSPS) is 13.1. The Morgan fingerprint density at radius 2 is 1.08 bits per heavy atom. The van der Waals surface area contributed by atoms with Crippen LogP contribution in [0.4, 0.5) is 17.1 Å². The lowest BCUT2D eigenvalue weighted by Gasteiger charge is -2.37. The van der Waals surface area contributed by atoms with Crippen molar-refractivity contribution in [1.82, 2.24) is 0 Å². The molecule has 9 heteroatoms. The van der Waals surface area contributed by atoms with Gasteiger partial charge in [0.1, 0.15) is 5.69 Å². The summed E-state index contributed by atoms with van der Waals surface area (Å²) in [4.78, 5) is 0. The zero-order valence-electron chi connectivity index (χ0n) is 33.1. The van der Waals surface area contributed by atoms with Crippen LogP contribution in [0.3, 0.4) is 0 Å². The van der Waals surface area contributed by atoms with Crippen LogP contribution >= 0.6 is 0 Å². The standard InChI is InChI=1S/C42H78N4O5/c1-4-6-24-30-38(43-44-41-35-34-39(45(48)49)36-42(41)46(50)51)31-26-21-17-15-13-11-9-7-8-10-12-14-16-18-22-27-32-40(47)33-28-23-19-20-25-29-37(3)5-2/h34-37,40,44,47,50-51H,4-33H2,1-3H3/q-2/t37-,40+/m0/s1. The molecule has 1 rings (SSSR count). The molecular weight excluding hydrogens is 640 g/mol. The highest BCUT2D eigenvalue weighted by atomic mass is 16.8. The summed E-state index contributed by atoms with van der Waals surface area (Å²) in [5.74, 6) is 0.879. The zero-order chi connectivity index (χ0) is 37.4. The van der Waals surface area contributed by atoms with E-state index in [1.165, 1.54) is 153 Å². The number of hydrogen-bond acceptors (Lipinski definition) is 9. The van der Waals surface area contributed by atoms with Crippen LogP contribution in [0.25, 0.3) is 0 Å². The minimum atomic E-state index is -0.575. The van der Waals surface area contributed by atoms with Gasteiger partial charge in [-0.25, -0.2) is 0 Å². The Kier molecular flexibility index (Phi) is 30.2. The van der Waals surface area contributed by atoms with Crippen molar-refractivity contribution in [3.05, 3.63) is 28.6 Å². The molecule has 0 saturated heterocycles. The van der Waals surface area contributed by atoms with Gasteiger partial charge in [-0.3, -0.25) is 15.8 Å². The van der Waals surface area contributed by atoms with Gasteiger partial charge < -0.3 is 20.7 Å². The largest absolute Gasteiger partial charge is 0.769 e. The number of benzene rings is 1. The maximum Gasteiger partial charge on any atom is 0.121 e. The lowest BCUT2D eigenvalue weighted by atomic mass is 9.99. The van der Waals surface area contributed by atoms with Crippen molar-refractivity contribution in [2.24, 2.45) is 11.0 Å². The van der Waals surface area contributed by atoms with Crippen molar-refractivity contribution in [3.8, 4) is 0 Å². The third kappa shape index (κ3) is 26.5. The molecule has 9 nitrogen and oxygen atoms in total. The van der Waals surface area contributed by atoms with E-state index in [0.717, 1.165) is 69.1 Å². The highest BCUT2D eigenvalue weighted by Crippen LogP contribution is 2.29. The van der Waals surface area contributed by atoms with Crippen LogP contribution in [0.15, 0.2) is 23.3 Å². The van der Waals surface area contributed by atoms with Crippen molar-refractivity contribution < 1.29 is 15.5 Å². The minimum Gasteiger partial charge on any atom is -0.769 e. The van der Waals surface area contributed by atoms with E-state index in [1.807, 2.05) is 0 Å². The zero-order valence-corrected chi connectivity index (χ0v) is 33.1. The van der Waals surface area contributed by atoms with Gasteiger partial charge >= 0.3 is 0 Å². The van der Waals surface area contributed by atoms with Crippen LogP contribution in [-0.2, 0) is 0 Å². The predicted molar refractivity (Wildman–Crippen MR) is 218 cm³/mol. The van der Waals surface area contributed by atoms with Gasteiger partial charge in [0.2, 0.25) is 0 Å². The summed E-state index contributed by atoms with van der Waals surface area (Å²) in [7, 11) is 0. The Balaban J connectivity index is 2.01. The van der Waals surface area contributed by atoms with Crippen LogP contribution in [0.2, 0.25) is 0 Å². The fourth-order valence-electron chi connectivity index (χ4n) is 6.78. The van der Waals surface area contributed by atoms with Gasteiger partial charge in [0.05, 0.1) is 11.8 Å². The molecule has 0 saturated carbocycles. The van der Waals surface area contributed by atoms with Gasteiger partial charge in [0, 0.05) is 11.4 Å². The summed E-state index contributed by atoms with van der Waals surface area (Å²) in [6.07, 6.45) is 37.0. The quantitative estimate of drug-likeness (QED) is 0.0305. The minimum absolute atomic E-state index is 0.0787. The molecule has 1 aromatic carbocycles. The van der Waals surface area contributed by atoms with Crippen molar-refractivity contribution in [2.45, 2.75) is 219 Å². The molecular formula is C42H78N4O5-2. The molecule has 0 aliphatic heterocycles. The molecule has 0 spiro atoms. The topological polar surface area (TPSA) is 138 Å². The van der Waals surface area contributed by atoms with E-state index >= 15 is 0 Å². The van der Waals surface area contributed by atoms with Gasteiger partial charge in [-0.1, -0.05) is 175 Å². The van der Waals surface area contributed by atoms with E-state index in [-0.39, 0.29) is 22.7 Å². The van der Waals surface area contributed by atoms with E-state index in [4.69, 9.17) is 0 Å². The van der Waals surface area contributed by atoms with Crippen molar-refractivity contribution >= 4 is 22.8 Å².